The normalized spacial score (nSPS) is 14.8. The molecule has 3 aromatic rings. The van der Waals surface area contributed by atoms with Gasteiger partial charge in [0.15, 0.2) is 11.5 Å². The number of benzene rings is 2. The maximum atomic E-state index is 13.1. The van der Waals surface area contributed by atoms with E-state index in [0.29, 0.717) is 40.1 Å². The second-order valence-electron chi connectivity index (χ2n) is 6.61. The van der Waals surface area contributed by atoms with Crippen LogP contribution in [0.5, 0.6) is 17.2 Å². The minimum Gasteiger partial charge on any atom is -0.497 e. The molecule has 0 saturated heterocycles. The zero-order valence-corrected chi connectivity index (χ0v) is 17.6. The highest BCUT2D eigenvalue weighted by Gasteiger charge is 2.29. The van der Waals surface area contributed by atoms with Crippen molar-refractivity contribution in [3.63, 3.8) is 0 Å². The highest BCUT2D eigenvalue weighted by molar-refractivity contribution is 7.83. The Morgan fingerprint density at radius 3 is 2.47 bits per heavy atom. The molecule has 4 rings (SSSR count). The molecule has 9 heteroatoms. The van der Waals surface area contributed by atoms with Gasteiger partial charge in [0.05, 0.1) is 49.8 Å². The summed E-state index contributed by atoms with van der Waals surface area (Å²) in [5.41, 5.74) is 2.58. The van der Waals surface area contributed by atoms with Crippen molar-refractivity contribution in [3.05, 3.63) is 59.3 Å². The Morgan fingerprint density at radius 2 is 1.80 bits per heavy atom. The molecule has 2 aromatic carbocycles. The number of methoxy groups -OCH3 is 3. The van der Waals surface area contributed by atoms with Crippen LogP contribution in [0.1, 0.15) is 21.6 Å². The van der Waals surface area contributed by atoms with Crippen LogP contribution in [0, 0.1) is 0 Å². The Kier molecular flexibility index (Phi) is 5.45. The third-order valence-electron chi connectivity index (χ3n) is 4.87. The molecule has 156 valence electrons. The summed E-state index contributed by atoms with van der Waals surface area (Å²) < 4.78 is 29.6. The number of anilines is 1. The molecule has 1 aliphatic rings. The first kappa shape index (κ1) is 20.0. The van der Waals surface area contributed by atoms with Crippen molar-refractivity contribution in [1.82, 2.24) is 9.78 Å². The van der Waals surface area contributed by atoms with E-state index < -0.39 is 10.8 Å². The first-order valence-electron chi connectivity index (χ1n) is 9.18. The number of hydrogen-bond acceptors (Lipinski definition) is 6. The summed E-state index contributed by atoms with van der Waals surface area (Å²) >= 11 is 0. The molecule has 0 aliphatic carbocycles. The maximum absolute atomic E-state index is 13.1. The van der Waals surface area contributed by atoms with Crippen LogP contribution in [0.2, 0.25) is 0 Å². The van der Waals surface area contributed by atoms with Crippen molar-refractivity contribution in [3.8, 4) is 22.9 Å². The first-order valence-corrected chi connectivity index (χ1v) is 10.7. The van der Waals surface area contributed by atoms with Crippen LogP contribution in [-0.2, 0) is 22.3 Å². The van der Waals surface area contributed by atoms with Crippen LogP contribution in [0.15, 0.2) is 42.5 Å². The van der Waals surface area contributed by atoms with Gasteiger partial charge in [-0.05, 0) is 36.4 Å². The average Bonchev–Trinajstić information content (AvgIpc) is 3.29. The van der Waals surface area contributed by atoms with Gasteiger partial charge in [-0.1, -0.05) is 6.07 Å². The minimum absolute atomic E-state index is 0.326. The number of carbonyl (C=O) groups excluding carboxylic acids is 1. The van der Waals surface area contributed by atoms with E-state index in [-0.39, 0.29) is 5.91 Å². The van der Waals surface area contributed by atoms with E-state index in [0.717, 1.165) is 16.9 Å². The molecule has 1 N–H and O–H groups in total. The zero-order chi connectivity index (χ0) is 21.3. The highest BCUT2D eigenvalue weighted by Crippen LogP contribution is 2.34. The molecule has 8 nitrogen and oxygen atoms in total. The van der Waals surface area contributed by atoms with Gasteiger partial charge in [0.25, 0.3) is 5.91 Å². The van der Waals surface area contributed by atoms with Gasteiger partial charge in [-0.15, -0.1) is 0 Å². The number of carbonyl (C=O) groups is 1. The molecule has 1 amide bonds. The quantitative estimate of drug-likeness (QED) is 0.650. The number of hydrogen-bond donors (Lipinski definition) is 1. The van der Waals surface area contributed by atoms with Crippen LogP contribution in [0.3, 0.4) is 0 Å². The third kappa shape index (κ3) is 3.52. The van der Waals surface area contributed by atoms with Crippen molar-refractivity contribution in [2.45, 2.75) is 11.5 Å². The van der Waals surface area contributed by atoms with Gasteiger partial charge in [0.1, 0.15) is 11.6 Å². The SMILES string of the molecule is COc1ccc(-n2nc3c(c2NC(=O)c2cccc(OC)c2OC)CS(=O)C3)cc1. The molecule has 1 aliphatic heterocycles. The third-order valence-corrected chi connectivity index (χ3v) is 6.07. The number of rotatable bonds is 6. The lowest BCUT2D eigenvalue weighted by molar-refractivity contribution is 0.102. The number of para-hydroxylation sites is 1. The molecule has 2 heterocycles. The number of amides is 1. The molecule has 1 atom stereocenters. The predicted octanol–water partition coefficient (Wildman–Crippen LogP) is 2.91. The lowest BCUT2D eigenvalue weighted by Crippen LogP contribution is -2.17. The van der Waals surface area contributed by atoms with Crippen LogP contribution in [0.25, 0.3) is 5.69 Å². The molecule has 30 heavy (non-hydrogen) atoms. The largest absolute Gasteiger partial charge is 0.497 e. The van der Waals surface area contributed by atoms with E-state index in [9.17, 15) is 9.00 Å². The van der Waals surface area contributed by atoms with E-state index >= 15 is 0 Å². The van der Waals surface area contributed by atoms with Gasteiger partial charge in [-0.2, -0.15) is 5.10 Å². The number of nitrogens with zero attached hydrogens (tertiary/aromatic N) is 2. The molecule has 0 saturated carbocycles. The Bertz CT molecular complexity index is 1120. The number of ether oxygens (including phenoxy) is 3. The number of nitrogens with one attached hydrogen (secondary N) is 1. The van der Waals surface area contributed by atoms with Crippen molar-refractivity contribution >= 4 is 22.5 Å². The van der Waals surface area contributed by atoms with Crippen molar-refractivity contribution in [1.29, 1.82) is 0 Å². The van der Waals surface area contributed by atoms with Crippen LogP contribution >= 0.6 is 0 Å². The van der Waals surface area contributed by atoms with E-state index in [1.807, 2.05) is 24.3 Å². The lowest BCUT2D eigenvalue weighted by Gasteiger charge is -2.14. The summed E-state index contributed by atoms with van der Waals surface area (Å²) in [6.07, 6.45) is 0. The van der Waals surface area contributed by atoms with Crippen molar-refractivity contribution < 1.29 is 23.2 Å². The summed E-state index contributed by atoms with van der Waals surface area (Å²) in [6.45, 7) is 0. The maximum Gasteiger partial charge on any atom is 0.260 e. The minimum atomic E-state index is -1.03. The summed E-state index contributed by atoms with van der Waals surface area (Å²) in [6, 6.07) is 12.4. The predicted molar refractivity (Wildman–Crippen MR) is 113 cm³/mol. The fourth-order valence-electron chi connectivity index (χ4n) is 3.41. The van der Waals surface area contributed by atoms with Crippen LogP contribution in [0.4, 0.5) is 5.82 Å². The fraction of sp³-hybridized carbons (Fsp3) is 0.238. The van der Waals surface area contributed by atoms with E-state index in [2.05, 4.69) is 10.4 Å². The highest BCUT2D eigenvalue weighted by atomic mass is 32.2. The first-order chi connectivity index (χ1) is 14.5. The van der Waals surface area contributed by atoms with Gasteiger partial charge >= 0.3 is 0 Å². The number of fused-ring (bicyclic) bond motifs is 1. The van der Waals surface area contributed by atoms with Gasteiger partial charge < -0.3 is 19.5 Å². The zero-order valence-electron chi connectivity index (χ0n) is 16.8. The molecule has 0 radical (unpaired) electrons. The fourth-order valence-corrected chi connectivity index (χ4v) is 4.67. The van der Waals surface area contributed by atoms with Crippen molar-refractivity contribution in [2.24, 2.45) is 0 Å². The van der Waals surface area contributed by atoms with Gasteiger partial charge in [-0.3, -0.25) is 9.00 Å². The monoisotopic (exact) mass is 427 g/mol. The Morgan fingerprint density at radius 1 is 1.03 bits per heavy atom. The van der Waals surface area contributed by atoms with Gasteiger partial charge in [-0.25, -0.2) is 4.68 Å². The second kappa shape index (κ2) is 8.19. The van der Waals surface area contributed by atoms with Gasteiger partial charge in [0, 0.05) is 16.4 Å². The van der Waals surface area contributed by atoms with E-state index in [1.165, 1.54) is 14.2 Å². The Balaban J connectivity index is 1.75. The van der Waals surface area contributed by atoms with Crippen LogP contribution in [-0.4, -0.2) is 41.2 Å². The number of aromatic nitrogens is 2. The van der Waals surface area contributed by atoms with E-state index in [1.54, 1.807) is 30.0 Å². The standard InChI is InChI=1S/C21H21N3O5S/c1-27-14-9-7-13(8-10-14)24-20(16-11-30(26)12-17(16)23-24)22-21(25)15-5-4-6-18(28-2)19(15)29-3/h4-10H,11-12H2,1-3H3,(H,22,25). The summed E-state index contributed by atoms with van der Waals surface area (Å²) in [5, 5.41) is 7.54. The van der Waals surface area contributed by atoms with Gasteiger partial charge in [0.2, 0.25) is 0 Å². The molecule has 0 fully saturated rings. The van der Waals surface area contributed by atoms with E-state index in [4.69, 9.17) is 14.2 Å². The average molecular weight is 427 g/mol. The molecule has 1 unspecified atom stereocenters. The molecular weight excluding hydrogens is 406 g/mol. The molecule has 1 aromatic heterocycles. The Hall–Kier alpha value is -3.33. The lowest BCUT2D eigenvalue weighted by atomic mass is 10.1. The Labute approximate surface area is 176 Å². The summed E-state index contributed by atoms with van der Waals surface area (Å²) in [5.74, 6) is 2.34. The molecular formula is C21H21N3O5S. The molecule has 0 bridgehead atoms. The van der Waals surface area contributed by atoms with Crippen LogP contribution < -0.4 is 19.5 Å². The summed E-state index contributed by atoms with van der Waals surface area (Å²) in [4.78, 5) is 13.1. The smallest absolute Gasteiger partial charge is 0.260 e. The molecule has 0 spiro atoms. The summed E-state index contributed by atoms with van der Waals surface area (Å²) in [7, 11) is 3.56. The van der Waals surface area contributed by atoms with Crippen molar-refractivity contribution in [2.75, 3.05) is 26.6 Å². The second-order valence-corrected chi connectivity index (χ2v) is 8.06. The topological polar surface area (TPSA) is 91.7 Å².